The van der Waals surface area contributed by atoms with Crippen LogP contribution in [-0.4, -0.2) is 26.2 Å². The predicted molar refractivity (Wildman–Crippen MR) is 63.2 cm³/mol. The Balaban J connectivity index is 0.00000112. The van der Waals surface area contributed by atoms with Gasteiger partial charge in [-0.15, -0.1) is 12.4 Å². The second kappa shape index (κ2) is 4.65. The standard InChI is InChI=1S/C7H11N3O2S2.ClH/c1-14(11,12)10-7-9-5-2-3-8-4-6(5)13-7;/h8H,2-4H2,1H3,(H,9,10);1H. The molecule has 1 aliphatic heterocycles. The molecule has 0 amide bonds. The Bertz CT molecular complexity index is 420. The van der Waals surface area contributed by atoms with Gasteiger partial charge in [0.05, 0.1) is 11.9 Å². The first kappa shape index (κ1) is 12.7. The van der Waals surface area contributed by atoms with E-state index in [0.29, 0.717) is 5.13 Å². The molecular weight excluding hydrogens is 258 g/mol. The molecule has 1 aliphatic rings. The summed E-state index contributed by atoms with van der Waals surface area (Å²) < 4.78 is 24.3. The fourth-order valence-corrected chi connectivity index (χ4v) is 3.14. The Morgan fingerprint density at radius 2 is 2.27 bits per heavy atom. The molecule has 1 aromatic rings. The highest BCUT2D eigenvalue weighted by atomic mass is 35.5. The van der Waals surface area contributed by atoms with E-state index in [-0.39, 0.29) is 12.4 Å². The number of fused-ring (bicyclic) bond motifs is 1. The Morgan fingerprint density at radius 1 is 1.53 bits per heavy atom. The molecule has 86 valence electrons. The number of nitrogens with zero attached hydrogens (tertiary/aromatic N) is 1. The second-order valence-electron chi connectivity index (χ2n) is 3.19. The lowest BCUT2D eigenvalue weighted by Crippen LogP contribution is -2.22. The maximum atomic E-state index is 11.0. The van der Waals surface area contributed by atoms with E-state index in [4.69, 9.17) is 0 Å². The van der Waals surface area contributed by atoms with Crippen molar-refractivity contribution in [1.82, 2.24) is 10.3 Å². The number of anilines is 1. The molecule has 2 N–H and O–H groups in total. The third kappa shape index (κ3) is 3.30. The lowest BCUT2D eigenvalue weighted by molar-refractivity contribution is 0.606. The summed E-state index contributed by atoms with van der Waals surface area (Å²) in [5.74, 6) is 0. The summed E-state index contributed by atoms with van der Waals surface area (Å²) in [4.78, 5) is 5.35. The third-order valence-corrected chi connectivity index (χ3v) is 3.58. The van der Waals surface area contributed by atoms with E-state index in [9.17, 15) is 8.42 Å². The van der Waals surface area contributed by atoms with Crippen molar-refractivity contribution in [2.75, 3.05) is 17.5 Å². The first-order valence-corrected chi connectivity index (χ1v) is 6.92. The van der Waals surface area contributed by atoms with Crippen LogP contribution in [0.25, 0.3) is 0 Å². The molecule has 0 spiro atoms. The van der Waals surface area contributed by atoms with Crippen molar-refractivity contribution in [2.45, 2.75) is 13.0 Å². The van der Waals surface area contributed by atoms with Gasteiger partial charge in [0.15, 0.2) is 5.13 Å². The zero-order chi connectivity index (χ0) is 10.2. The topological polar surface area (TPSA) is 71.1 Å². The van der Waals surface area contributed by atoms with Crippen molar-refractivity contribution in [2.24, 2.45) is 0 Å². The van der Waals surface area contributed by atoms with Crippen LogP contribution in [0, 0.1) is 0 Å². The zero-order valence-corrected chi connectivity index (χ0v) is 10.6. The lowest BCUT2D eigenvalue weighted by Gasteiger charge is -2.09. The summed E-state index contributed by atoms with van der Waals surface area (Å²) in [6, 6.07) is 0. The van der Waals surface area contributed by atoms with Crippen LogP contribution in [0.4, 0.5) is 5.13 Å². The van der Waals surface area contributed by atoms with E-state index >= 15 is 0 Å². The van der Waals surface area contributed by atoms with Gasteiger partial charge in [-0.1, -0.05) is 11.3 Å². The first-order valence-electron chi connectivity index (χ1n) is 4.22. The normalized spacial score (nSPS) is 15.3. The average Bonchev–Trinajstić information content (AvgIpc) is 2.42. The van der Waals surface area contributed by atoms with Crippen molar-refractivity contribution in [3.05, 3.63) is 10.6 Å². The molecule has 1 aromatic heterocycles. The zero-order valence-electron chi connectivity index (χ0n) is 8.11. The monoisotopic (exact) mass is 269 g/mol. The predicted octanol–water partition coefficient (Wildman–Crippen LogP) is 0.582. The molecular formula is C7H12ClN3O2S2. The molecule has 0 saturated carbocycles. The molecule has 8 heteroatoms. The van der Waals surface area contributed by atoms with Gasteiger partial charge >= 0.3 is 0 Å². The van der Waals surface area contributed by atoms with Gasteiger partial charge in [0, 0.05) is 24.4 Å². The van der Waals surface area contributed by atoms with Crippen molar-refractivity contribution >= 4 is 38.9 Å². The maximum absolute atomic E-state index is 11.0. The summed E-state index contributed by atoms with van der Waals surface area (Å²) in [6.07, 6.45) is 2.00. The summed E-state index contributed by atoms with van der Waals surface area (Å²) in [6.45, 7) is 1.70. The van der Waals surface area contributed by atoms with Crippen LogP contribution in [0.15, 0.2) is 0 Å². The lowest BCUT2D eigenvalue weighted by atomic mass is 10.2. The van der Waals surface area contributed by atoms with Crippen molar-refractivity contribution in [1.29, 1.82) is 0 Å². The maximum Gasteiger partial charge on any atom is 0.231 e. The molecule has 0 radical (unpaired) electrons. The Kier molecular flexibility index (Phi) is 3.93. The fraction of sp³-hybridized carbons (Fsp3) is 0.571. The summed E-state index contributed by atoms with van der Waals surface area (Å²) in [5, 5.41) is 3.68. The Hall–Kier alpha value is -0.370. The Morgan fingerprint density at radius 3 is 2.87 bits per heavy atom. The van der Waals surface area contributed by atoms with Gasteiger partial charge in [-0.2, -0.15) is 0 Å². The number of thiazole rings is 1. The van der Waals surface area contributed by atoms with Crippen molar-refractivity contribution in [3.63, 3.8) is 0 Å². The number of aromatic nitrogens is 1. The van der Waals surface area contributed by atoms with E-state index in [1.165, 1.54) is 11.3 Å². The highest BCUT2D eigenvalue weighted by Crippen LogP contribution is 2.25. The van der Waals surface area contributed by atoms with Crippen LogP contribution in [0.3, 0.4) is 0 Å². The quantitative estimate of drug-likeness (QED) is 0.824. The molecule has 0 unspecified atom stereocenters. The van der Waals surface area contributed by atoms with Crippen LogP contribution in [-0.2, 0) is 23.0 Å². The molecule has 2 heterocycles. The van der Waals surface area contributed by atoms with Crippen molar-refractivity contribution < 1.29 is 8.42 Å². The summed E-state index contributed by atoms with van der Waals surface area (Å²) in [5.41, 5.74) is 1.01. The number of rotatable bonds is 2. The van der Waals surface area contributed by atoms with Gasteiger partial charge in [-0.05, 0) is 0 Å². The van der Waals surface area contributed by atoms with Crippen LogP contribution in [0.2, 0.25) is 0 Å². The van der Waals surface area contributed by atoms with Gasteiger partial charge in [0.2, 0.25) is 10.0 Å². The second-order valence-corrected chi connectivity index (χ2v) is 6.02. The number of nitrogens with one attached hydrogen (secondary N) is 2. The number of halogens is 1. The van der Waals surface area contributed by atoms with E-state index in [0.717, 1.165) is 36.3 Å². The van der Waals surface area contributed by atoms with E-state index in [2.05, 4.69) is 15.0 Å². The van der Waals surface area contributed by atoms with Crippen LogP contribution in [0.1, 0.15) is 10.6 Å². The van der Waals surface area contributed by atoms with Gasteiger partial charge in [0.1, 0.15) is 0 Å². The van der Waals surface area contributed by atoms with E-state index < -0.39 is 10.0 Å². The molecule has 2 rings (SSSR count). The number of hydrogen-bond acceptors (Lipinski definition) is 5. The van der Waals surface area contributed by atoms with Gasteiger partial charge in [-0.3, -0.25) is 4.72 Å². The number of sulfonamides is 1. The van der Waals surface area contributed by atoms with Gasteiger partial charge < -0.3 is 5.32 Å². The number of hydrogen-bond donors (Lipinski definition) is 2. The third-order valence-electron chi connectivity index (χ3n) is 1.88. The van der Waals surface area contributed by atoms with Gasteiger partial charge in [0.25, 0.3) is 0 Å². The molecule has 15 heavy (non-hydrogen) atoms. The van der Waals surface area contributed by atoms with E-state index in [1.54, 1.807) is 0 Å². The molecule has 0 aliphatic carbocycles. The van der Waals surface area contributed by atoms with Crippen LogP contribution < -0.4 is 10.0 Å². The molecule has 0 bridgehead atoms. The smallest absolute Gasteiger partial charge is 0.231 e. The molecule has 5 nitrogen and oxygen atoms in total. The molecule has 0 fully saturated rings. The van der Waals surface area contributed by atoms with E-state index in [1.807, 2.05) is 0 Å². The minimum Gasteiger partial charge on any atom is -0.311 e. The summed E-state index contributed by atoms with van der Waals surface area (Å²) in [7, 11) is -3.20. The van der Waals surface area contributed by atoms with Crippen LogP contribution in [0.5, 0.6) is 0 Å². The molecule has 0 saturated heterocycles. The van der Waals surface area contributed by atoms with Gasteiger partial charge in [-0.25, -0.2) is 13.4 Å². The van der Waals surface area contributed by atoms with Crippen molar-refractivity contribution in [3.8, 4) is 0 Å². The molecule has 0 aromatic carbocycles. The summed E-state index contributed by atoms with van der Waals surface area (Å²) >= 11 is 1.40. The minimum atomic E-state index is -3.20. The average molecular weight is 270 g/mol. The molecule has 0 atom stereocenters. The first-order chi connectivity index (χ1) is 6.54. The Labute approximate surface area is 98.8 Å². The fourth-order valence-electron chi connectivity index (χ4n) is 1.33. The minimum absolute atomic E-state index is 0. The highest BCUT2D eigenvalue weighted by Gasteiger charge is 2.15. The van der Waals surface area contributed by atoms with Crippen LogP contribution >= 0.6 is 23.7 Å². The largest absolute Gasteiger partial charge is 0.311 e. The highest BCUT2D eigenvalue weighted by molar-refractivity contribution is 7.92. The SMILES string of the molecule is CS(=O)(=O)Nc1nc2c(s1)CNCC2.Cl.